The van der Waals surface area contributed by atoms with Crippen LogP contribution < -0.4 is 10.6 Å². The van der Waals surface area contributed by atoms with E-state index in [4.69, 9.17) is 4.74 Å². The molecule has 0 aliphatic carbocycles. The molecule has 0 aliphatic rings. The highest BCUT2D eigenvalue weighted by atomic mass is 16.6. The van der Waals surface area contributed by atoms with Crippen molar-refractivity contribution >= 4 is 17.9 Å². The first-order valence-corrected chi connectivity index (χ1v) is 12.4. The van der Waals surface area contributed by atoms with Crippen molar-refractivity contribution in [2.75, 3.05) is 7.05 Å². The Morgan fingerprint density at radius 1 is 0.973 bits per heavy atom. The Balaban J connectivity index is 2.49. The van der Waals surface area contributed by atoms with E-state index in [9.17, 15) is 19.5 Å². The molecule has 2 aromatic carbocycles. The summed E-state index contributed by atoms with van der Waals surface area (Å²) in [5.41, 5.74) is 1.99. The van der Waals surface area contributed by atoms with E-state index in [-0.39, 0.29) is 18.1 Å². The Kier molecular flexibility index (Phi) is 9.36. The van der Waals surface area contributed by atoms with Gasteiger partial charge in [-0.25, -0.2) is 4.79 Å². The lowest BCUT2D eigenvalue weighted by molar-refractivity contribution is -0.141. The Labute approximate surface area is 220 Å². The predicted octanol–water partition coefficient (Wildman–Crippen LogP) is 4.56. The molecule has 0 aliphatic heterocycles. The molecule has 8 heteroatoms. The maximum Gasteiger partial charge on any atom is 0.408 e. The van der Waals surface area contributed by atoms with Crippen molar-refractivity contribution in [3.63, 3.8) is 0 Å². The van der Waals surface area contributed by atoms with Crippen LogP contribution in [0.5, 0.6) is 5.75 Å². The fourth-order valence-corrected chi connectivity index (χ4v) is 3.91. The van der Waals surface area contributed by atoms with Gasteiger partial charge in [0.1, 0.15) is 23.4 Å². The molecular formula is C29H41N3O5. The number of aromatic hydroxyl groups is 1. The molecule has 0 radical (unpaired) electrons. The number of phenolic OH excluding ortho intramolecular Hbond substituents is 1. The lowest BCUT2D eigenvalue weighted by atomic mass is 9.95. The van der Waals surface area contributed by atoms with Gasteiger partial charge in [-0.1, -0.05) is 35.9 Å². The fourth-order valence-electron chi connectivity index (χ4n) is 3.91. The van der Waals surface area contributed by atoms with Crippen LogP contribution in [0.3, 0.4) is 0 Å². The Morgan fingerprint density at radius 2 is 1.57 bits per heavy atom. The van der Waals surface area contributed by atoms with Gasteiger partial charge in [0.2, 0.25) is 11.8 Å². The van der Waals surface area contributed by atoms with Crippen LogP contribution in [0.4, 0.5) is 4.79 Å². The highest BCUT2D eigenvalue weighted by Gasteiger charge is 2.36. The van der Waals surface area contributed by atoms with Gasteiger partial charge in [0.25, 0.3) is 0 Å². The lowest BCUT2D eigenvalue weighted by Gasteiger charge is -2.34. The molecule has 0 aromatic heterocycles. The van der Waals surface area contributed by atoms with Gasteiger partial charge in [-0.3, -0.25) is 9.59 Å². The number of ether oxygens (including phenoxy) is 1. The van der Waals surface area contributed by atoms with Crippen molar-refractivity contribution in [2.45, 2.75) is 85.0 Å². The number of carbonyl (C=O) groups is 3. The number of likely N-dealkylation sites (N-methyl/N-ethyl adjacent to an activating group) is 1. The van der Waals surface area contributed by atoms with Gasteiger partial charge in [0.15, 0.2) is 0 Å². The van der Waals surface area contributed by atoms with Crippen LogP contribution in [-0.4, -0.2) is 52.1 Å². The van der Waals surface area contributed by atoms with E-state index in [2.05, 4.69) is 10.6 Å². The fraction of sp³-hybridized carbons (Fsp3) is 0.483. The van der Waals surface area contributed by atoms with E-state index in [0.717, 1.165) is 16.7 Å². The third kappa shape index (κ3) is 9.12. The zero-order valence-electron chi connectivity index (χ0n) is 23.4. The average Bonchev–Trinajstić information content (AvgIpc) is 2.74. The number of nitrogens with zero attached hydrogens (tertiary/aromatic N) is 1. The van der Waals surface area contributed by atoms with E-state index in [1.165, 1.54) is 17.0 Å². The smallest absolute Gasteiger partial charge is 0.408 e. The van der Waals surface area contributed by atoms with Crippen LogP contribution in [0.15, 0.2) is 42.5 Å². The van der Waals surface area contributed by atoms with Crippen LogP contribution in [0.1, 0.15) is 69.8 Å². The van der Waals surface area contributed by atoms with Crippen molar-refractivity contribution in [1.82, 2.24) is 15.5 Å². The predicted molar refractivity (Wildman–Crippen MR) is 144 cm³/mol. The van der Waals surface area contributed by atoms with Crippen molar-refractivity contribution < 1.29 is 24.2 Å². The van der Waals surface area contributed by atoms with Crippen molar-refractivity contribution in [3.8, 4) is 5.75 Å². The number of phenols is 1. The second kappa shape index (κ2) is 11.7. The third-order valence-corrected chi connectivity index (χ3v) is 5.58. The summed E-state index contributed by atoms with van der Waals surface area (Å²) in [5, 5.41) is 15.3. The summed E-state index contributed by atoms with van der Waals surface area (Å²) in [6, 6.07) is 10.2. The Morgan fingerprint density at radius 3 is 2.11 bits per heavy atom. The summed E-state index contributed by atoms with van der Waals surface area (Å²) in [7, 11) is 1.57. The topological polar surface area (TPSA) is 108 Å². The van der Waals surface area contributed by atoms with Gasteiger partial charge in [0.05, 0.1) is 0 Å². The summed E-state index contributed by atoms with van der Waals surface area (Å²) in [4.78, 5) is 41.5. The summed E-state index contributed by atoms with van der Waals surface area (Å²) >= 11 is 0. The van der Waals surface area contributed by atoms with Gasteiger partial charge in [-0.05, 0) is 84.2 Å². The van der Waals surface area contributed by atoms with Crippen molar-refractivity contribution in [2.24, 2.45) is 0 Å². The molecule has 3 amide bonds. The molecular weight excluding hydrogens is 470 g/mol. The highest BCUT2D eigenvalue weighted by molar-refractivity contribution is 5.92. The Bertz CT molecular complexity index is 1110. The number of hydrogen-bond acceptors (Lipinski definition) is 5. The highest BCUT2D eigenvalue weighted by Crippen LogP contribution is 2.27. The number of rotatable bonds is 7. The quantitative estimate of drug-likeness (QED) is 0.505. The number of aryl methyl sites for hydroxylation is 2. The summed E-state index contributed by atoms with van der Waals surface area (Å²) in [6.07, 6.45) is -0.594. The van der Waals surface area contributed by atoms with Gasteiger partial charge < -0.3 is 25.4 Å². The molecule has 202 valence electrons. The van der Waals surface area contributed by atoms with Gasteiger partial charge >= 0.3 is 6.09 Å². The molecule has 0 heterocycles. The van der Waals surface area contributed by atoms with Crippen molar-refractivity contribution in [3.05, 3.63) is 64.7 Å². The second-order valence-corrected chi connectivity index (χ2v) is 11.5. The third-order valence-electron chi connectivity index (χ3n) is 5.58. The molecule has 0 bridgehead atoms. The summed E-state index contributed by atoms with van der Waals surface area (Å²) < 4.78 is 5.41. The molecule has 2 atom stereocenters. The summed E-state index contributed by atoms with van der Waals surface area (Å²) in [6.45, 7) is 14.7. The van der Waals surface area contributed by atoms with Crippen LogP contribution >= 0.6 is 0 Å². The maximum atomic E-state index is 13.9. The number of alkyl carbamates (subject to hydrolysis) is 1. The SMILES string of the molecule is Cc1ccc(C)c(C(C(=O)NC(C)(C)C)N(C)C(=O)C(Cc2ccc(O)cc2)NC(=O)OC(C)(C)C)c1. The van der Waals surface area contributed by atoms with E-state index in [1.54, 1.807) is 40.0 Å². The number of hydrogen-bond donors (Lipinski definition) is 3. The standard InChI is InChI=1S/C29H41N3O5/c1-18-10-11-19(2)22(16-18)24(25(34)31-28(3,4)5)32(9)26(35)23(30-27(36)37-29(6,7)8)17-20-12-14-21(33)15-13-20/h10-16,23-24,33H,17H2,1-9H3,(H,30,36)(H,31,34). The zero-order valence-corrected chi connectivity index (χ0v) is 23.4. The first kappa shape index (κ1) is 29.7. The number of nitrogens with one attached hydrogen (secondary N) is 2. The molecule has 37 heavy (non-hydrogen) atoms. The molecule has 2 rings (SSSR count). The molecule has 3 N–H and O–H groups in total. The normalized spacial score (nSPS) is 13.3. The molecule has 0 spiro atoms. The van der Waals surface area contributed by atoms with Crippen LogP contribution in [0.2, 0.25) is 0 Å². The Hall–Kier alpha value is -3.55. The van der Waals surface area contributed by atoms with E-state index >= 15 is 0 Å². The van der Waals surface area contributed by atoms with E-state index < -0.39 is 35.2 Å². The minimum Gasteiger partial charge on any atom is -0.508 e. The number of benzene rings is 2. The minimum absolute atomic E-state index is 0.0951. The number of carbonyl (C=O) groups excluding carboxylic acids is 3. The van der Waals surface area contributed by atoms with Gasteiger partial charge in [-0.15, -0.1) is 0 Å². The van der Waals surface area contributed by atoms with Crippen LogP contribution in [0.25, 0.3) is 0 Å². The minimum atomic E-state index is -1.01. The van der Waals surface area contributed by atoms with E-state index in [1.807, 2.05) is 52.8 Å². The maximum absolute atomic E-state index is 13.9. The summed E-state index contributed by atoms with van der Waals surface area (Å²) in [5.74, 6) is -0.677. The molecule has 0 saturated carbocycles. The number of amides is 3. The molecule has 2 aromatic rings. The first-order chi connectivity index (χ1) is 17.0. The first-order valence-electron chi connectivity index (χ1n) is 12.4. The molecule has 2 unspecified atom stereocenters. The van der Waals surface area contributed by atoms with Crippen LogP contribution in [-0.2, 0) is 20.7 Å². The van der Waals surface area contributed by atoms with Crippen LogP contribution in [0, 0.1) is 13.8 Å². The van der Waals surface area contributed by atoms with E-state index in [0.29, 0.717) is 5.56 Å². The zero-order chi connectivity index (χ0) is 28.1. The monoisotopic (exact) mass is 511 g/mol. The van der Waals surface area contributed by atoms with Gasteiger partial charge in [-0.2, -0.15) is 0 Å². The van der Waals surface area contributed by atoms with Gasteiger partial charge in [0, 0.05) is 19.0 Å². The second-order valence-electron chi connectivity index (χ2n) is 11.5. The lowest BCUT2D eigenvalue weighted by Crippen LogP contribution is -2.54. The molecule has 0 fully saturated rings. The largest absolute Gasteiger partial charge is 0.508 e. The average molecular weight is 512 g/mol. The molecule has 0 saturated heterocycles. The van der Waals surface area contributed by atoms with Crippen molar-refractivity contribution in [1.29, 1.82) is 0 Å². The molecule has 8 nitrogen and oxygen atoms in total.